The van der Waals surface area contributed by atoms with Crippen LogP contribution < -0.4 is 5.73 Å². The van der Waals surface area contributed by atoms with Crippen molar-refractivity contribution in [3.63, 3.8) is 0 Å². The quantitative estimate of drug-likeness (QED) is 0.945. The number of benzene rings is 1. The van der Waals surface area contributed by atoms with Gasteiger partial charge in [0, 0.05) is 30.3 Å². The molecule has 0 aliphatic carbocycles. The van der Waals surface area contributed by atoms with Crippen LogP contribution in [0.1, 0.15) is 35.3 Å². The van der Waals surface area contributed by atoms with Crippen molar-refractivity contribution in [3.8, 4) is 11.3 Å². The van der Waals surface area contributed by atoms with Crippen LogP contribution in [0.4, 0.5) is 0 Å². The molecule has 5 heteroatoms. The summed E-state index contributed by atoms with van der Waals surface area (Å²) in [6.45, 7) is 3.21. The van der Waals surface area contributed by atoms with Crippen LogP contribution >= 0.6 is 0 Å². The molecule has 1 fully saturated rings. The molecule has 0 radical (unpaired) electrons. The second kappa shape index (κ2) is 6.87. The lowest BCUT2D eigenvalue weighted by atomic mass is 10.00. The molecular formula is C18H22N4O. The van der Waals surface area contributed by atoms with E-state index in [1.807, 2.05) is 48.2 Å². The number of carbonyl (C=O) groups is 1. The van der Waals surface area contributed by atoms with Crippen LogP contribution in [0.5, 0.6) is 0 Å². The Morgan fingerprint density at radius 2 is 2.13 bits per heavy atom. The van der Waals surface area contributed by atoms with E-state index in [1.165, 1.54) is 0 Å². The largest absolute Gasteiger partial charge is 0.334 e. The van der Waals surface area contributed by atoms with Gasteiger partial charge in [-0.3, -0.25) is 4.79 Å². The summed E-state index contributed by atoms with van der Waals surface area (Å²) in [5.41, 5.74) is 9.08. The standard InChI is InChI=1S/C18H22N4O/c1-13-8-9-17(21-20-13)14-5-4-6-15(11-14)18(23)22-10-3-2-7-16(22)12-19/h4-6,8-9,11,16H,2-3,7,10,12,19H2,1H3/t16-/m0/s1. The van der Waals surface area contributed by atoms with E-state index in [0.29, 0.717) is 12.1 Å². The zero-order valence-corrected chi connectivity index (χ0v) is 13.4. The Labute approximate surface area is 136 Å². The number of nitrogens with zero attached hydrogens (tertiary/aromatic N) is 3. The summed E-state index contributed by atoms with van der Waals surface area (Å²) >= 11 is 0. The molecule has 5 nitrogen and oxygen atoms in total. The molecule has 1 aromatic carbocycles. The average Bonchev–Trinajstić information content (AvgIpc) is 2.62. The Kier molecular flexibility index (Phi) is 4.67. The molecule has 1 atom stereocenters. The summed E-state index contributed by atoms with van der Waals surface area (Å²) in [6, 6.07) is 11.6. The maximum Gasteiger partial charge on any atom is 0.254 e. The zero-order chi connectivity index (χ0) is 16.2. The number of piperidine rings is 1. The molecular weight excluding hydrogens is 288 g/mol. The fraction of sp³-hybridized carbons (Fsp3) is 0.389. The van der Waals surface area contributed by atoms with Crippen molar-refractivity contribution in [1.29, 1.82) is 0 Å². The molecule has 2 heterocycles. The van der Waals surface area contributed by atoms with Crippen molar-refractivity contribution in [2.75, 3.05) is 13.1 Å². The first-order valence-electron chi connectivity index (χ1n) is 8.11. The topological polar surface area (TPSA) is 72.1 Å². The lowest BCUT2D eigenvalue weighted by molar-refractivity contribution is 0.0623. The minimum absolute atomic E-state index is 0.0575. The number of likely N-dealkylation sites (tertiary alicyclic amines) is 1. The van der Waals surface area contributed by atoms with Crippen molar-refractivity contribution in [2.45, 2.75) is 32.2 Å². The highest BCUT2D eigenvalue weighted by Gasteiger charge is 2.26. The van der Waals surface area contributed by atoms with Gasteiger partial charge in [0.2, 0.25) is 0 Å². The molecule has 3 rings (SSSR count). The minimum atomic E-state index is 0.0575. The molecule has 1 aliphatic heterocycles. The normalized spacial score (nSPS) is 18.0. The Morgan fingerprint density at radius 3 is 2.87 bits per heavy atom. The average molecular weight is 310 g/mol. The number of hydrogen-bond acceptors (Lipinski definition) is 4. The fourth-order valence-electron chi connectivity index (χ4n) is 3.04. The number of hydrogen-bond donors (Lipinski definition) is 1. The SMILES string of the molecule is Cc1ccc(-c2cccc(C(=O)N3CCCC[C@H]3CN)c2)nn1. The molecule has 1 saturated heterocycles. The summed E-state index contributed by atoms with van der Waals surface area (Å²) in [7, 11) is 0. The molecule has 23 heavy (non-hydrogen) atoms. The van der Waals surface area contributed by atoms with Crippen molar-refractivity contribution < 1.29 is 4.79 Å². The number of nitrogens with two attached hydrogens (primary N) is 1. The lowest BCUT2D eigenvalue weighted by Crippen LogP contribution is -2.47. The van der Waals surface area contributed by atoms with Crippen LogP contribution in [0.2, 0.25) is 0 Å². The Hall–Kier alpha value is -2.27. The van der Waals surface area contributed by atoms with Crippen molar-refractivity contribution in [1.82, 2.24) is 15.1 Å². The molecule has 1 amide bonds. The van der Waals surface area contributed by atoms with E-state index in [1.54, 1.807) is 0 Å². The van der Waals surface area contributed by atoms with Gasteiger partial charge < -0.3 is 10.6 Å². The molecule has 120 valence electrons. The van der Waals surface area contributed by atoms with Gasteiger partial charge in [0.1, 0.15) is 0 Å². The van der Waals surface area contributed by atoms with Gasteiger partial charge in [0.15, 0.2) is 0 Å². The van der Waals surface area contributed by atoms with Gasteiger partial charge >= 0.3 is 0 Å². The maximum atomic E-state index is 12.8. The predicted molar refractivity (Wildman–Crippen MR) is 89.9 cm³/mol. The lowest BCUT2D eigenvalue weighted by Gasteiger charge is -2.35. The number of amides is 1. The van der Waals surface area contributed by atoms with E-state index in [0.717, 1.165) is 42.8 Å². The van der Waals surface area contributed by atoms with Crippen molar-refractivity contribution in [3.05, 3.63) is 47.7 Å². The molecule has 1 aliphatic rings. The highest BCUT2D eigenvalue weighted by molar-refractivity contribution is 5.95. The highest BCUT2D eigenvalue weighted by Crippen LogP contribution is 2.22. The molecule has 0 spiro atoms. The first-order chi connectivity index (χ1) is 11.2. The summed E-state index contributed by atoms with van der Waals surface area (Å²) in [5, 5.41) is 8.28. The highest BCUT2D eigenvalue weighted by atomic mass is 16.2. The third kappa shape index (κ3) is 3.40. The van der Waals surface area contributed by atoms with Gasteiger partial charge in [-0.15, -0.1) is 0 Å². The van der Waals surface area contributed by atoms with Gasteiger partial charge in [-0.1, -0.05) is 12.1 Å². The van der Waals surface area contributed by atoms with E-state index < -0.39 is 0 Å². The fourth-order valence-corrected chi connectivity index (χ4v) is 3.04. The van der Waals surface area contributed by atoms with Crippen LogP contribution in [0.25, 0.3) is 11.3 Å². The Balaban J connectivity index is 1.86. The number of aryl methyl sites for hydroxylation is 1. The number of carbonyl (C=O) groups excluding carboxylic acids is 1. The van der Waals surface area contributed by atoms with Crippen LogP contribution in [0.3, 0.4) is 0 Å². The second-order valence-corrected chi connectivity index (χ2v) is 6.02. The van der Waals surface area contributed by atoms with Gasteiger partial charge in [0.05, 0.1) is 11.4 Å². The Morgan fingerprint density at radius 1 is 1.26 bits per heavy atom. The number of rotatable bonds is 3. The molecule has 1 aromatic heterocycles. The van der Waals surface area contributed by atoms with Crippen LogP contribution in [0.15, 0.2) is 36.4 Å². The van der Waals surface area contributed by atoms with E-state index in [4.69, 9.17) is 5.73 Å². The van der Waals surface area contributed by atoms with E-state index >= 15 is 0 Å². The first kappa shape index (κ1) is 15.6. The molecule has 0 saturated carbocycles. The first-order valence-corrected chi connectivity index (χ1v) is 8.11. The number of aromatic nitrogens is 2. The van der Waals surface area contributed by atoms with E-state index in [9.17, 15) is 4.79 Å². The minimum Gasteiger partial charge on any atom is -0.334 e. The smallest absolute Gasteiger partial charge is 0.254 e. The zero-order valence-electron chi connectivity index (χ0n) is 13.4. The van der Waals surface area contributed by atoms with Gasteiger partial charge in [-0.05, 0) is 50.5 Å². The summed E-state index contributed by atoms with van der Waals surface area (Å²) in [5.74, 6) is 0.0575. The third-order valence-electron chi connectivity index (χ3n) is 4.36. The Bertz CT molecular complexity index is 684. The maximum absolute atomic E-state index is 12.8. The second-order valence-electron chi connectivity index (χ2n) is 6.02. The molecule has 0 bridgehead atoms. The van der Waals surface area contributed by atoms with E-state index in [-0.39, 0.29) is 11.9 Å². The predicted octanol–water partition coefficient (Wildman–Crippen LogP) is 2.41. The summed E-state index contributed by atoms with van der Waals surface area (Å²) < 4.78 is 0. The van der Waals surface area contributed by atoms with Crippen LogP contribution in [-0.2, 0) is 0 Å². The van der Waals surface area contributed by atoms with Gasteiger partial charge in [-0.25, -0.2) is 0 Å². The molecule has 2 aromatic rings. The van der Waals surface area contributed by atoms with E-state index in [2.05, 4.69) is 10.2 Å². The van der Waals surface area contributed by atoms with Crippen molar-refractivity contribution >= 4 is 5.91 Å². The third-order valence-corrected chi connectivity index (χ3v) is 4.36. The van der Waals surface area contributed by atoms with Gasteiger partial charge in [-0.2, -0.15) is 10.2 Å². The summed E-state index contributed by atoms with van der Waals surface area (Å²) in [4.78, 5) is 14.8. The molecule has 2 N–H and O–H groups in total. The van der Waals surface area contributed by atoms with Crippen molar-refractivity contribution in [2.24, 2.45) is 5.73 Å². The monoisotopic (exact) mass is 310 g/mol. The van der Waals surface area contributed by atoms with Crippen LogP contribution in [-0.4, -0.2) is 40.1 Å². The van der Waals surface area contributed by atoms with Crippen LogP contribution in [0, 0.1) is 6.92 Å². The summed E-state index contributed by atoms with van der Waals surface area (Å²) in [6.07, 6.45) is 3.18. The molecule has 0 unspecified atom stereocenters. The van der Waals surface area contributed by atoms with Gasteiger partial charge in [0.25, 0.3) is 5.91 Å².